The van der Waals surface area contributed by atoms with E-state index < -0.39 is 11.9 Å². The van der Waals surface area contributed by atoms with Crippen molar-refractivity contribution in [2.75, 3.05) is 11.9 Å². The van der Waals surface area contributed by atoms with Crippen molar-refractivity contribution >= 4 is 85.3 Å². The maximum atomic E-state index is 11.6. The topological polar surface area (TPSA) is 92.4 Å². The fraction of sp³-hybridized carbons (Fsp3) is 0.385. The fourth-order valence-electron chi connectivity index (χ4n) is 1.81. The van der Waals surface area contributed by atoms with Crippen molar-refractivity contribution in [3.05, 3.63) is 21.8 Å². The summed E-state index contributed by atoms with van der Waals surface area (Å²) in [5, 5.41) is 12.6. The number of hydrogen-bond donors (Lipinski definition) is 3. The molecule has 0 aliphatic heterocycles. The Morgan fingerprint density at radius 2 is 1.67 bits per heavy atom. The number of halogens is 3. The third-order valence-electron chi connectivity index (χ3n) is 2.86. The zero-order valence-electron chi connectivity index (χ0n) is 11.3. The van der Waals surface area contributed by atoms with E-state index in [9.17, 15) is 14.7 Å². The first kappa shape index (κ1) is 19.2. The molecule has 0 heterocycles. The molecular formula is C13H15I3N2O3. The van der Waals surface area contributed by atoms with Crippen LogP contribution in [0.5, 0.6) is 0 Å². The maximum Gasteiger partial charge on any atom is 0.337 e. The molecule has 0 bridgehead atoms. The number of benzene rings is 1. The molecule has 0 aliphatic rings. The Labute approximate surface area is 164 Å². The second-order valence-electron chi connectivity index (χ2n) is 4.37. The number of carboxylic acids is 1. The Morgan fingerprint density at radius 1 is 1.10 bits per heavy atom. The van der Waals surface area contributed by atoms with Gasteiger partial charge >= 0.3 is 5.97 Å². The minimum Gasteiger partial charge on any atom is -0.478 e. The number of amides is 1. The number of carbonyl (C=O) groups is 2. The van der Waals surface area contributed by atoms with E-state index in [1.165, 1.54) is 0 Å². The molecule has 0 unspecified atom stereocenters. The fourth-order valence-corrected chi connectivity index (χ4v) is 6.35. The maximum absolute atomic E-state index is 11.6. The number of nitrogens with two attached hydrogens (primary N) is 1. The van der Waals surface area contributed by atoms with E-state index >= 15 is 0 Å². The van der Waals surface area contributed by atoms with E-state index in [-0.39, 0.29) is 11.1 Å². The van der Waals surface area contributed by atoms with Crippen molar-refractivity contribution in [1.29, 1.82) is 0 Å². The molecule has 0 spiro atoms. The lowest BCUT2D eigenvalue weighted by atomic mass is 10.1. The molecule has 0 atom stereocenters. The lowest BCUT2D eigenvalue weighted by molar-refractivity contribution is 0.0694. The summed E-state index contributed by atoms with van der Waals surface area (Å²) in [7, 11) is 0. The lowest BCUT2D eigenvalue weighted by Crippen LogP contribution is -2.21. The Hall–Kier alpha value is 0.150. The molecule has 0 saturated heterocycles. The number of hydrogen-bond acceptors (Lipinski definition) is 3. The molecule has 4 N–H and O–H groups in total. The minimum atomic E-state index is -1.06. The Kier molecular flexibility index (Phi) is 7.95. The monoisotopic (exact) mass is 628 g/mol. The van der Waals surface area contributed by atoms with Crippen LogP contribution in [0.1, 0.15) is 46.9 Å². The highest BCUT2D eigenvalue weighted by Gasteiger charge is 2.26. The summed E-state index contributed by atoms with van der Waals surface area (Å²) in [5.74, 6) is -1.67. The normalized spacial score (nSPS) is 10.5. The second-order valence-corrected chi connectivity index (χ2v) is 7.61. The van der Waals surface area contributed by atoms with E-state index in [0.29, 0.717) is 16.4 Å². The van der Waals surface area contributed by atoms with Crippen molar-refractivity contribution < 1.29 is 14.7 Å². The van der Waals surface area contributed by atoms with Crippen LogP contribution >= 0.6 is 67.8 Å². The quantitative estimate of drug-likeness (QED) is 0.316. The van der Waals surface area contributed by atoms with Crippen LogP contribution in [0.3, 0.4) is 0 Å². The van der Waals surface area contributed by atoms with E-state index in [0.717, 1.165) is 25.8 Å². The van der Waals surface area contributed by atoms with Crippen LogP contribution in [-0.2, 0) is 0 Å². The number of carbonyl (C=O) groups excluding carboxylic acids is 1. The van der Waals surface area contributed by atoms with Gasteiger partial charge in [-0.2, -0.15) is 0 Å². The van der Waals surface area contributed by atoms with E-state index in [2.05, 4.69) is 12.2 Å². The third kappa shape index (κ3) is 4.56. The van der Waals surface area contributed by atoms with Gasteiger partial charge in [0.25, 0.3) is 5.91 Å². The summed E-state index contributed by atoms with van der Waals surface area (Å²) in [6, 6.07) is 0. The average molecular weight is 628 g/mol. The van der Waals surface area contributed by atoms with Gasteiger partial charge in [-0.25, -0.2) is 4.79 Å². The van der Waals surface area contributed by atoms with E-state index in [4.69, 9.17) is 5.73 Å². The first-order valence-electron chi connectivity index (χ1n) is 6.30. The van der Waals surface area contributed by atoms with Crippen LogP contribution < -0.4 is 11.1 Å². The first-order chi connectivity index (χ1) is 9.82. The molecule has 1 rings (SSSR count). The van der Waals surface area contributed by atoms with Crippen molar-refractivity contribution in [2.45, 2.75) is 26.2 Å². The molecule has 8 heteroatoms. The zero-order chi connectivity index (χ0) is 16.2. The Bertz CT molecular complexity index is 535. The molecule has 1 amide bonds. The number of aromatic carboxylic acids is 1. The average Bonchev–Trinajstić information content (AvgIpc) is 2.36. The number of nitrogens with one attached hydrogen (secondary N) is 1. The van der Waals surface area contributed by atoms with Crippen molar-refractivity contribution in [3.8, 4) is 0 Å². The van der Waals surface area contributed by atoms with Crippen LogP contribution in [-0.4, -0.2) is 23.5 Å². The minimum absolute atomic E-state index is 0.128. The van der Waals surface area contributed by atoms with Gasteiger partial charge in [-0.05, 0) is 74.2 Å². The molecule has 1 aromatic carbocycles. The molecule has 0 radical (unpaired) electrons. The summed E-state index contributed by atoms with van der Waals surface area (Å²) in [5.41, 5.74) is 6.49. The van der Waals surface area contributed by atoms with Crippen LogP contribution in [0.4, 0.5) is 5.69 Å². The molecular weight excluding hydrogens is 613 g/mol. The molecule has 0 fully saturated rings. The third-order valence-corrected chi connectivity index (χ3v) is 6.10. The number of carboxylic acid groups (broad SMARTS) is 1. The smallest absolute Gasteiger partial charge is 0.337 e. The molecule has 0 saturated carbocycles. The van der Waals surface area contributed by atoms with Gasteiger partial charge in [0.1, 0.15) is 0 Å². The van der Waals surface area contributed by atoms with Gasteiger partial charge in [0, 0.05) is 10.1 Å². The van der Waals surface area contributed by atoms with Gasteiger partial charge < -0.3 is 16.2 Å². The van der Waals surface area contributed by atoms with Crippen molar-refractivity contribution in [1.82, 2.24) is 0 Å². The predicted octanol–water partition coefficient (Wildman–Crippen LogP) is 3.90. The second kappa shape index (κ2) is 8.70. The van der Waals surface area contributed by atoms with Gasteiger partial charge in [0.2, 0.25) is 0 Å². The predicted molar refractivity (Wildman–Crippen MR) is 108 cm³/mol. The lowest BCUT2D eigenvalue weighted by Gasteiger charge is -2.17. The molecule has 0 aromatic heterocycles. The summed E-state index contributed by atoms with van der Waals surface area (Å²) in [4.78, 5) is 23.1. The molecule has 5 nitrogen and oxygen atoms in total. The summed E-state index contributed by atoms with van der Waals surface area (Å²) in [6.45, 7) is 2.85. The Morgan fingerprint density at radius 3 is 2.14 bits per heavy atom. The molecule has 1 aromatic rings. The van der Waals surface area contributed by atoms with Gasteiger partial charge in [0.15, 0.2) is 0 Å². The van der Waals surface area contributed by atoms with Gasteiger partial charge in [-0.1, -0.05) is 19.8 Å². The van der Waals surface area contributed by atoms with Crippen LogP contribution in [0.2, 0.25) is 0 Å². The number of primary amides is 1. The van der Waals surface area contributed by atoms with Gasteiger partial charge in [-0.3, -0.25) is 4.79 Å². The summed E-state index contributed by atoms with van der Waals surface area (Å²) >= 11 is 5.92. The SMILES string of the molecule is CCCCCNc1c(I)c(C(N)=O)c(I)c(C(=O)O)c1I. The van der Waals surface area contributed by atoms with E-state index in [1.54, 1.807) is 0 Å². The summed E-state index contributed by atoms with van der Waals surface area (Å²) < 4.78 is 1.67. The van der Waals surface area contributed by atoms with Crippen LogP contribution in [0.25, 0.3) is 0 Å². The van der Waals surface area contributed by atoms with Crippen LogP contribution in [0, 0.1) is 10.7 Å². The van der Waals surface area contributed by atoms with Crippen LogP contribution in [0.15, 0.2) is 0 Å². The number of unbranched alkanes of at least 4 members (excludes halogenated alkanes) is 2. The molecule has 116 valence electrons. The van der Waals surface area contributed by atoms with E-state index in [1.807, 2.05) is 67.8 Å². The highest BCUT2D eigenvalue weighted by Crippen LogP contribution is 2.35. The first-order valence-corrected chi connectivity index (χ1v) is 9.53. The molecule has 0 aliphatic carbocycles. The van der Waals surface area contributed by atoms with Gasteiger partial charge in [0.05, 0.1) is 24.0 Å². The number of anilines is 1. The number of rotatable bonds is 7. The Balaban J connectivity index is 3.35. The van der Waals surface area contributed by atoms with Crippen molar-refractivity contribution in [2.24, 2.45) is 5.73 Å². The van der Waals surface area contributed by atoms with Gasteiger partial charge in [-0.15, -0.1) is 0 Å². The molecule has 21 heavy (non-hydrogen) atoms. The van der Waals surface area contributed by atoms with Crippen molar-refractivity contribution in [3.63, 3.8) is 0 Å². The highest BCUT2D eigenvalue weighted by molar-refractivity contribution is 14.1. The largest absolute Gasteiger partial charge is 0.478 e. The zero-order valence-corrected chi connectivity index (χ0v) is 17.8. The summed E-state index contributed by atoms with van der Waals surface area (Å²) in [6.07, 6.45) is 3.19. The standard InChI is InChI=1S/C13H15I3N2O3/c1-2-3-4-5-18-11-9(15)6(12(17)19)8(14)7(10(11)16)13(20)21/h18H,2-5H2,1H3,(H2,17,19)(H,20,21). The highest BCUT2D eigenvalue weighted by atomic mass is 127.